The molecule has 0 amide bonds. The Kier molecular flexibility index (Phi) is 2.11. The molecular formula is C12H17NO2. The average Bonchev–Trinajstić information content (AvgIpc) is 2.72. The summed E-state index contributed by atoms with van der Waals surface area (Å²) in [7, 11) is 0. The van der Waals surface area contributed by atoms with Crippen LogP contribution in [0.4, 0.5) is 0 Å². The summed E-state index contributed by atoms with van der Waals surface area (Å²) in [5, 5.41) is 3.51. The Hall–Kier alpha value is -0.800. The lowest BCUT2D eigenvalue weighted by atomic mass is 9.81. The number of furan rings is 1. The van der Waals surface area contributed by atoms with E-state index in [4.69, 9.17) is 9.15 Å². The molecule has 1 aromatic heterocycles. The summed E-state index contributed by atoms with van der Waals surface area (Å²) in [4.78, 5) is 0. The molecule has 2 unspecified atom stereocenters. The molecule has 1 aliphatic heterocycles. The summed E-state index contributed by atoms with van der Waals surface area (Å²) in [6.45, 7) is 3.87. The van der Waals surface area contributed by atoms with Gasteiger partial charge in [-0.1, -0.05) is 0 Å². The van der Waals surface area contributed by atoms with Crippen molar-refractivity contribution in [2.24, 2.45) is 0 Å². The highest BCUT2D eigenvalue weighted by Crippen LogP contribution is 2.40. The fraction of sp³-hybridized carbons (Fsp3) is 0.667. The molecule has 1 fully saturated rings. The molecule has 1 aliphatic carbocycles. The first kappa shape index (κ1) is 9.43. The third-order valence-corrected chi connectivity index (χ3v) is 3.57. The molecule has 3 nitrogen and oxygen atoms in total. The molecule has 2 heterocycles. The molecule has 1 N–H and O–H groups in total. The SMILES string of the molecule is CC1COC2(CCCc3occc32)CN1. The maximum absolute atomic E-state index is 6.08. The van der Waals surface area contributed by atoms with E-state index in [0.29, 0.717) is 6.04 Å². The maximum Gasteiger partial charge on any atom is 0.109 e. The Morgan fingerprint density at radius 3 is 3.27 bits per heavy atom. The van der Waals surface area contributed by atoms with Crippen molar-refractivity contribution in [2.45, 2.75) is 37.8 Å². The van der Waals surface area contributed by atoms with Crippen molar-refractivity contribution < 1.29 is 9.15 Å². The molecule has 1 saturated heterocycles. The lowest BCUT2D eigenvalue weighted by molar-refractivity contribution is -0.0968. The van der Waals surface area contributed by atoms with Crippen LogP contribution in [-0.4, -0.2) is 19.2 Å². The fourth-order valence-electron chi connectivity index (χ4n) is 2.68. The Bertz CT molecular complexity index is 350. The van der Waals surface area contributed by atoms with Crippen LogP contribution >= 0.6 is 0 Å². The summed E-state index contributed by atoms with van der Waals surface area (Å²) >= 11 is 0. The van der Waals surface area contributed by atoms with Gasteiger partial charge in [0.15, 0.2) is 0 Å². The van der Waals surface area contributed by atoms with Gasteiger partial charge in [0.2, 0.25) is 0 Å². The number of aryl methyl sites for hydroxylation is 1. The van der Waals surface area contributed by atoms with Crippen LogP contribution in [-0.2, 0) is 16.8 Å². The second-order valence-electron chi connectivity index (χ2n) is 4.70. The van der Waals surface area contributed by atoms with Gasteiger partial charge in [0.25, 0.3) is 0 Å². The predicted molar refractivity (Wildman–Crippen MR) is 56.7 cm³/mol. The first-order valence-corrected chi connectivity index (χ1v) is 5.74. The summed E-state index contributed by atoms with van der Waals surface area (Å²) in [6.07, 6.45) is 5.12. The fourth-order valence-corrected chi connectivity index (χ4v) is 2.68. The maximum atomic E-state index is 6.08. The zero-order valence-corrected chi connectivity index (χ0v) is 9.08. The van der Waals surface area contributed by atoms with Crippen molar-refractivity contribution >= 4 is 0 Å². The molecule has 1 spiro atoms. The quantitative estimate of drug-likeness (QED) is 0.704. The number of fused-ring (bicyclic) bond motifs is 2. The largest absolute Gasteiger partial charge is 0.469 e. The minimum atomic E-state index is -0.104. The summed E-state index contributed by atoms with van der Waals surface area (Å²) < 4.78 is 11.6. The van der Waals surface area contributed by atoms with Gasteiger partial charge >= 0.3 is 0 Å². The third-order valence-electron chi connectivity index (χ3n) is 3.57. The van der Waals surface area contributed by atoms with Crippen molar-refractivity contribution in [2.75, 3.05) is 13.2 Å². The lowest BCUT2D eigenvalue weighted by Gasteiger charge is -2.42. The molecule has 0 bridgehead atoms. The molecule has 0 radical (unpaired) electrons. The van der Waals surface area contributed by atoms with Crippen LogP contribution in [0.25, 0.3) is 0 Å². The lowest BCUT2D eigenvalue weighted by Crippen LogP contribution is -2.52. The molecule has 0 saturated carbocycles. The van der Waals surface area contributed by atoms with Crippen LogP contribution in [0.2, 0.25) is 0 Å². The smallest absolute Gasteiger partial charge is 0.109 e. The highest BCUT2D eigenvalue weighted by Gasteiger charge is 2.41. The van der Waals surface area contributed by atoms with Gasteiger partial charge in [0, 0.05) is 24.6 Å². The predicted octanol–water partition coefficient (Wildman–Crippen LogP) is 1.82. The molecule has 3 rings (SSSR count). The summed E-state index contributed by atoms with van der Waals surface area (Å²) in [6, 6.07) is 2.54. The van der Waals surface area contributed by atoms with Gasteiger partial charge < -0.3 is 14.5 Å². The Balaban J connectivity index is 1.94. The van der Waals surface area contributed by atoms with Crippen LogP contribution in [0.1, 0.15) is 31.1 Å². The first-order chi connectivity index (χ1) is 7.30. The number of rotatable bonds is 0. The van der Waals surface area contributed by atoms with Crippen LogP contribution in [0.5, 0.6) is 0 Å². The number of hydrogen-bond donors (Lipinski definition) is 1. The van der Waals surface area contributed by atoms with E-state index in [1.54, 1.807) is 6.26 Å². The summed E-state index contributed by atoms with van der Waals surface area (Å²) in [5.74, 6) is 1.12. The highest BCUT2D eigenvalue weighted by molar-refractivity contribution is 5.29. The minimum absolute atomic E-state index is 0.104. The van der Waals surface area contributed by atoms with E-state index in [-0.39, 0.29) is 5.60 Å². The Morgan fingerprint density at radius 1 is 1.53 bits per heavy atom. The molecule has 2 aliphatic rings. The number of morpholine rings is 1. The third kappa shape index (κ3) is 1.42. The van der Waals surface area contributed by atoms with E-state index >= 15 is 0 Å². The molecule has 15 heavy (non-hydrogen) atoms. The second-order valence-corrected chi connectivity index (χ2v) is 4.70. The standard InChI is InChI=1S/C12H17NO2/c1-9-7-15-12(8-13-9)5-2-3-11-10(12)4-6-14-11/h4,6,9,13H,2-3,5,7-8H2,1H3. The van der Waals surface area contributed by atoms with Crippen LogP contribution in [0.15, 0.2) is 16.7 Å². The van der Waals surface area contributed by atoms with E-state index in [0.717, 1.165) is 38.2 Å². The highest BCUT2D eigenvalue weighted by atomic mass is 16.5. The zero-order valence-electron chi connectivity index (χ0n) is 9.08. The number of hydrogen-bond acceptors (Lipinski definition) is 3. The normalized spacial score (nSPS) is 35.4. The first-order valence-electron chi connectivity index (χ1n) is 5.74. The molecular weight excluding hydrogens is 190 g/mol. The van der Waals surface area contributed by atoms with Gasteiger partial charge in [-0.3, -0.25) is 0 Å². The van der Waals surface area contributed by atoms with Gasteiger partial charge in [-0.25, -0.2) is 0 Å². The molecule has 3 heteroatoms. The number of ether oxygens (including phenoxy) is 1. The van der Waals surface area contributed by atoms with Crippen molar-refractivity contribution in [3.8, 4) is 0 Å². The second kappa shape index (κ2) is 3.35. The molecule has 0 aromatic carbocycles. The Morgan fingerprint density at radius 2 is 2.47 bits per heavy atom. The molecule has 82 valence electrons. The van der Waals surface area contributed by atoms with Gasteiger partial charge in [-0.2, -0.15) is 0 Å². The number of nitrogens with one attached hydrogen (secondary N) is 1. The van der Waals surface area contributed by atoms with Crippen LogP contribution in [0, 0.1) is 0 Å². The Labute approximate surface area is 89.8 Å². The van der Waals surface area contributed by atoms with Gasteiger partial charge in [-0.05, 0) is 25.8 Å². The molecule has 2 atom stereocenters. The van der Waals surface area contributed by atoms with E-state index in [1.807, 2.05) is 0 Å². The van der Waals surface area contributed by atoms with Crippen LogP contribution in [0.3, 0.4) is 0 Å². The minimum Gasteiger partial charge on any atom is -0.469 e. The van der Waals surface area contributed by atoms with E-state index in [9.17, 15) is 0 Å². The van der Waals surface area contributed by atoms with E-state index in [2.05, 4.69) is 18.3 Å². The van der Waals surface area contributed by atoms with Gasteiger partial charge in [-0.15, -0.1) is 0 Å². The average molecular weight is 207 g/mol. The topological polar surface area (TPSA) is 34.4 Å². The van der Waals surface area contributed by atoms with E-state index < -0.39 is 0 Å². The zero-order chi connectivity index (χ0) is 10.3. The molecule has 1 aromatic rings. The van der Waals surface area contributed by atoms with E-state index in [1.165, 1.54) is 5.56 Å². The van der Waals surface area contributed by atoms with Gasteiger partial charge in [0.05, 0.1) is 12.9 Å². The van der Waals surface area contributed by atoms with Crippen molar-refractivity contribution in [3.63, 3.8) is 0 Å². The summed E-state index contributed by atoms with van der Waals surface area (Å²) in [5.41, 5.74) is 1.17. The monoisotopic (exact) mass is 207 g/mol. The van der Waals surface area contributed by atoms with Gasteiger partial charge in [0.1, 0.15) is 11.4 Å². The van der Waals surface area contributed by atoms with Crippen molar-refractivity contribution in [1.82, 2.24) is 5.32 Å². The van der Waals surface area contributed by atoms with Crippen molar-refractivity contribution in [1.29, 1.82) is 0 Å². The van der Waals surface area contributed by atoms with Crippen LogP contribution < -0.4 is 5.32 Å². The van der Waals surface area contributed by atoms with Crippen molar-refractivity contribution in [3.05, 3.63) is 23.7 Å².